The minimum Gasteiger partial charge on any atom is -0.490 e. The molecule has 0 amide bonds. The Kier molecular flexibility index (Phi) is 6.42. The number of hydrogen-bond acceptors (Lipinski definition) is 7. The highest BCUT2D eigenvalue weighted by molar-refractivity contribution is 14.1. The second kappa shape index (κ2) is 9.27. The number of benzene rings is 2. The lowest BCUT2D eigenvalue weighted by Gasteiger charge is -2.29. The van der Waals surface area contributed by atoms with Crippen LogP contribution in [0.25, 0.3) is 5.70 Å². The molecule has 1 aliphatic carbocycles. The summed E-state index contributed by atoms with van der Waals surface area (Å²) in [5, 5.41) is 12.2. The molecule has 2 aromatic rings. The van der Waals surface area contributed by atoms with Crippen molar-refractivity contribution in [3.05, 3.63) is 73.5 Å². The van der Waals surface area contributed by atoms with Gasteiger partial charge in [-0.3, -0.25) is 4.79 Å². The molecule has 33 heavy (non-hydrogen) atoms. The highest BCUT2D eigenvalue weighted by Gasteiger charge is 2.43. The summed E-state index contributed by atoms with van der Waals surface area (Å²) in [4.78, 5) is 26.4. The van der Waals surface area contributed by atoms with E-state index in [9.17, 15) is 9.59 Å². The van der Waals surface area contributed by atoms with Crippen LogP contribution in [0.15, 0.2) is 53.2 Å². The van der Waals surface area contributed by atoms with Gasteiger partial charge in [0.15, 0.2) is 23.9 Å². The van der Waals surface area contributed by atoms with Gasteiger partial charge in [0.2, 0.25) is 0 Å². The van der Waals surface area contributed by atoms with E-state index in [2.05, 4.69) is 27.9 Å². The minimum absolute atomic E-state index is 0.127. The maximum Gasteiger partial charge on any atom is 0.336 e. The number of dihydropyridines is 1. The zero-order valence-electron chi connectivity index (χ0n) is 18.3. The SMILES string of the molecule is CCOc1cc([C@@H]2C(C(=O)OC)=C(C)NC3=C2C(=O)c2ccccc23)cc(I)c1OCC#N. The molecule has 0 saturated carbocycles. The summed E-state index contributed by atoms with van der Waals surface area (Å²) in [6, 6.07) is 13.0. The number of ether oxygens (including phenoxy) is 3. The van der Waals surface area contributed by atoms with E-state index in [-0.39, 0.29) is 12.4 Å². The Morgan fingerprint density at radius 3 is 2.61 bits per heavy atom. The highest BCUT2D eigenvalue weighted by Crippen LogP contribution is 2.48. The average molecular weight is 556 g/mol. The van der Waals surface area contributed by atoms with Crippen LogP contribution in [0.3, 0.4) is 0 Å². The molecule has 0 fully saturated rings. The van der Waals surface area contributed by atoms with Crippen molar-refractivity contribution in [1.29, 1.82) is 5.26 Å². The first-order chi connectivity index (χ1) is 15.9. The summed E-state index contributed by atoms with van der Waals surface area (Å²) < 4.78 is 17.2. The minimum atomic E-state index is -0.661. The van der Waals surface area contributed by atoms with Gasteiger partial charge in [-0.15, -0.1) is 0 Å². The number of Topliss-reactive ketones (excluding diaryl/α,β-unsaturated/α-hetero) is 1. The second-order valence-corrected chi connectivity index (χ2v) is 8.62. The Balaban J connectivity index is 1.94. The highest BCUT2D eigenvalue weighted by atomic mass is 127. The second-order valence-electron chi connectivity index (χ2n) is 7.46. The van der Waals surface area contributed by atoms with Gasteiger partial charge in [-0.1, -0.05) is 24.3 Å². The third kappa shape index (κ3) is 3.86. The normalized spacial score (nSPS) is 16.6. The zero-order chi connectivity index (χ0) is 23.7. The number of rotatable bonds is 6. The summed E-state index contributed by atoms with van der Waals surface area (Å²) in [6.07, 6.45) is 0. The van der Waals surface area contributed by atoms with Gasteiger partial charge < -0.3 is 19.5 Å². The summed E-state index contributed by atoms with van der Waals surface area (Å²) >= 11 is 2.11. The number of fused-ring (bicyclic) bond motifs is 2. The van der Waals surface area contributed by atoms with E-state index in [4.69, 9.17) is 19.5 Å². The van der Waals surface area contributed by atoms with Crippen LogP contribution in [-0.2, 0) is 9.53 Å². The maximum absolute atomic E-state index is 13.5. The molecule has 1 heterocycles. The number of esters is 1. The number of nitrogens with zero attached hydrogens (tertiary/aromatic N) is 1. The fraction of sp³-hybridized carbons (Fsp3) is 0.240. The van der Waals surface area contributed by atoms with Crippen molar-refractivity contribution in [2.24, 2.45) is 0 Å². The Hall–Kier alpha value is -3.32. The lowest BCUT2D eigenvalue weighted by atomic mass is 9.79. The number of ketones is 1. The van der Waals surface area contributed by atoms with Gasteiger partial charge in [-0.25, -0.2) is 4.79 Å². The molecule has 1 atom stereocenters. The van der Waals surface area contributed by atoms with Crippen LogP contribution in [0, 0.1) is 14.9 Å². The number of hydrogen-bond donors (Lipinski definition) is 1. The molecular weight excluding hydrogens is 535 g/mol. The first kappa shape index (κ1) is 22.9. The van der Waals surface area contributed by atoms with Crippen molar-refractivity contribution in [1.82, 2.24) is 5.32 Å². The number of methoxy groups -OCH3 is 1. The molecule has 8 heteroatoms. The van der Waals surface area contributed by atoms with Gasteiger partial charge in [-0.2, -0.15) is 5.26 Å². The van der Waals surface area contributed by atoms with E-state index in [1.165, 1.54) is 7.11 Å². The standard InChI is InChI=1S/C25H21IN2O5/c1-4-32-18-12-14(11-17(26)24(18)33-10-9-27)20-19(25(30)31-3)13(2)28-22-15-7-5-6-8-16(15)23(29)21(20)22/h5-8,11-12,20,28H,4,10H2,1-3H3/t20-/m1/s1. The molecule has 0 radical (unpaired) electrons. The van der Waals surface area contributed by atoms with Crippen LogP contribution in [0.4, 0.5) is 0 Å². The largest absolute Gasteiger partial charge is 0.490 e. The monoisotopic (exact) mass is 556 g/mol. The molecule has 2 aliphatic rings. The van der Waals surface area contributed by atoms with Crippen molar-refractivity contribution in [3.63, 3.8) is 0 Å². The van der Waals surface area contributed by atoms with Gasteiger partial charge in [0, 0.05) is 28.3 Å². The quantitative estimate of drug-likeness (QED) is 0.418. The van der Waals surface area contributed by atoms with Gasteiger partial charge in [0.05, 0.1) is 28.6 Å². The summed E-state index contributed by atoms with van der Waals surface area (Å²) in [7, 11) is 1.32. The number of allylic oxidation sites excluding steroid dienone is 2. The third-order valence-electron chi connectivity index (χ3n) is 5.60. The number of halogens is 1. The van der Waals surface area contributed by atoms with Crippen molar-refractivity contribution < 1.29 is 23.8 Å². The third-order valence-corrected chi connectivity index (χ3v) is 6.40. The average Bonchev–Trinajstić information content (AvgIpc) is 3.09. The predicted molar refractivity (Wildman–Crippen MR) is 130 cm³/mol. The lowest BCUT2D eigenvalue weighted by molar-refractivity contribution is -0.136. The van der Waals surface area contributed by atoms with Crippen molar-refractivity contribution >= 4 is 40.0 Å². The molecule has 1 aliphatic heterocycles. The van der Waals surface area contributed by atoms with E-state index in [1.54, 1.807) is 19.1 Å². The zero-order valence-corrected chi connectivity index (χ0v) is 20.5. The molecule has 7 nitrogen and oxygen atoms in total. The summed E-state index contributed by atoms with van der Waals surface area (Å²) in [5.41, 5.74) is 4.26. The smallest absolute Gasteiger partial charge is 0.336 e. The van der Waals surface area contributed by atoms with Crippen LogP contribution >= 0.6 is 22.6 Å². The van der Waals surface area contributed by atoms with E-state index in [1.807, 2.05) is 37.3 Å². The van der Waals surface area contributed by atoms with E-state index in [0.717, 1.165) is 5.56 Å². The molecule has 1 N–H and O–H groups in total. The van der Waals surface area contributed by atoms with Crippen LogP contribution in [-0.4, -0.2) is 32.1 Å². The Morgan fingerprint density at radius 2 is 1.94 bits per heavy atom. The fourth-order valence-corrected chi connectivity index (χ4v) is 5.09. The van der Waals surface area contributed by atoms with Crippen LogP contribution in [0.2, 0.25) is 0 Å². The Bertz CT molecular complexity index is 1270. The molecule has 0 spiro atoms. The maximum atomic E-state index is 13.5. The number of carbonyl (C=O) groups excluding carboxylic acids is 2. The predicted octanol–water partition coefficient (Wildman–Crippen LogP) is 4.33. The van der Waals surface area contributed by atoms with Crippen LogP contribution in [0.5, 0.6) is 11.5 Å². The van der Waals surface area contributed by atoms with Crippen LogP contribution < -0.4 is 14.8 Å². The van der Waals surface area contributed by atoms with E-state index >= 15 is 0 Å². The number of nitriles is 1. The van der Waals surface area contributed by atoms with E-state index in [0.29, 0.717) is 55.3 Å². The van der Waals surface area contributed by atoms with Crippen LogP contribution in [0.1, 0.15) is 41.3 Å². The topological polar surface area (TPSA) is 97.7 Å². The molecule has 4 rings (SSSR count). The van der Waals surface area contributed by atoms with Gasteiger partial charge in [0.25, 0.3) is 0 Å². The summed E-state index contributed by atoms with van der Waals surface area (Å²) in [6.45, 7) is 3.90. The number of nitrogens with one attached hydrogen (secondary N) is 1. The summed E-state index contributed by atoms with van der Waals surface area (Å²) in [5.74, 6) is -0.415. The van der Waals surface area contributed by atoms with Crippen molar-refractivity contribution in [2.45, 2.75) is 19.8 Å². The Morgan fingerprint density at radius 1 is 1.21 bits per heavy atom. The molecule has 0 aromatic heterocycles. The Labute approximate surface area is 205 Å². The van der Waals surface area contributed by atoms with Gasteiger partial charge >= 0.3 is 5.97 Å². The van der Waals surface area contributed by atoms with Gasteiger partial charge in [-0.05, 0) is 54.1 Å². The number of carbonyl (C=O) groups is 2. The van der Waals surface area contributed by atoms with Crippen molar-refractivity contribution in [2.75, 3.05) is 20.3 Å². The van der Waals surface area contributed by atoms with Crippen molar-refractivity contribution in [3.8, 4) is 17.6 Å². The fourth-order valence-electron chi connectivity index (χ4n) is 4.30. The molecule has 0 bridgehead atoms. The first-order valence-corrected chi connectivity index (χ1v) is 11.4. The first-order valence-electron chi connectivity index (χ1n) is 10.3. The molecule has 0 saturated heterocycles. The molecular formula is C25H21IN2O5. The molecule has 168 valence electrons. The molecule has 0 unspecified atom stereocenters. The lowest BCUT2D eigenvalue weighted by Crippen LogP contribution is -2.29. The van der Waals surface area contributed by atoms with E-state index < -0.39 is 11.9 Å². The van der Waals surface area contributed by atoms with Gasteiger partial charge in [0.1, 0.15) is 6.07 Å². The molecule has 2 aromatic carbocycles.